The number of fused-ring (bicyclic) bond motifs is 10. The number of rotatable bonds is 7. The third-order valence-electron chi connectivity index (χ3n) is 14.2. The molecular weight excluding hydrogens is 835 g/mol. The summed E-state index contributed by atoms with van der Waals surface area (Å²) in [7, 11) is 0. The average Bonchev–Trinajstić information content (AvgIpc) is 4.07. The van der Waals surface area contributed by atoms with Crippen LogP contribution >= 0.6 is 0 Å². The van der Waals surface area contributed by atoms with Crippen LogP contribution in [0.15, 0.2) is 261 Å². The number of nitrogens with zero attached hydrogens (tertiary/aromatic N) is 3. The largest absolute Gasteiger partial charge is 0.309 e. The molecular formula is C66H43N3. The molecule has 0 fully saturated rings. The first-order valence-electron chi connectivity index (χ1n) is 23.8. The zero-order chi connectivity index (χ0) is 45.4. The summed E-state index contributed by atoms with van der Waals surface area (Å²) < 4.78 is 7.49. The lowest BCUT2D eigenvalue weighted by molar-refractivity contribution is 1.16. The van der Waals surface area contributed by atoms with E-state index < -0.39 is 0 Å². The number of hydrogen-bond donors (Lipinski definition) is 0. The fourth-order valence-corrected chi connectivity index (χ4v) is 11.2. The molecule has 0 aliphatic carbocycles. The second-order valence-electron chi connectivity index (χ2n) is 18.0. The quantitative estimate of drug-likeness (QED) is 0.152. The van der Waals surface area contributed by atoms with Gasteiger partial charge in [0.05, 0.1) is 38.8 Å². The fourth-order valence-electron chi connectivity index (χ4n) is 11.2. The highest BCUT2D eigenvalue weighted by atomic mass is 15.0. The average molecular weight is 878 g/mol. The maximum atomic E-state index is 2.58. The molecule has 0 saturated carbocycles. The van der Waals surface area contributed by atoms with Crippen LogP contribution in [0.5, 0.6) is 0 Å². The van der Waals surface area contributed by atoms with Crippen molar-refractivity contribution in [3.8, 4) is 61.6 Å². The van der Waals surface area contributed by atoms with Gasteiger partial charge in [0.2, 0.25) is 0 Å². The lowest BCUT2D eigenvalue weighted by atomic mass is 9.93. The summed E-state index contributed by atoms with van der Waals surface area (Å²) in [4.78, 5) is 0. The van der Waals surface area contributed by atoms with Gasteiger partial charge in [-0.05, 0) is 94.0 Å². The van der Waals surface area contributed by atoms with Crippen LogP contribution in [0.2, 0.25) is 0 Å². The Kier molecular flexibility index (Phi) is 8.90. The Balaban J connectivity index is 1.05. The lowest BCUT2D eigenvalue weighted by Crippen LogP contribution is -2.01. The van der Waals surface area contributed by atoms with Gasteiger partial charge in [0.1, 0.15) is 0 Å². The Hall–Kier alpha value is -9.18. The SMILES string of the molecule is c1ccc(-c2cccc(-c3cccc(-c4ccccc4)c3-n3c4ccccc4c4ccc5c(c6ccccc6n5-c5ccc6c(c5)c5ccccc5n6-c5cccc(-c6ccccc6)c5)c43)c2)cc1. The van der Waals surface area contributed by atoms with Gasteiger partial charge >= 0.3 is 0 Å². The second-order valence-corrected chi connectivity index (χ2v) is 18.0. The number of benzene rings is 11. The smallest absolute Gasteiger partial charge is 0.0641 e. The molecule has 0 aliphatic heterocycles. The van der Waals surface area contributed by atoms with Gasteiger partial charge in [0, 0.05) is 54.8 Å². The van der Waals surface area contributed by atoms with Crippen molar-refractivity contribution in [3.05, 3.63) is 261 Å². The zero-order valence-electron chi connectivity index (χ0n) is 37.7. The van der Waals surface area contributed by atoms with E-state index in [1.807, 2.05) is 0 Å². The molecule has 0 saturated heterocycles. The Morgan fingerprint density at radius 1 is 0.217 bits per heavy atom. The van der Waals surface area contributed by atoms with E-state index in [4.69, 9.17) is 0 Å². The zero-order valence-corrected chi connectivity index (χ0v) is 37.7. The van der Waals surface area contributed by atoms with Crippen molar-refractivity contribution in [2.75, 3.05) is 0 Å². The predicted octanol–water partition coefficient (Wildman–Crippen LogP) is 17.6. The van der Waals surface area contributed by atoms with E-state index in [9.17, 15) is 0 Å². The van der Waals surface area contributed by atoms with Crippen LogP contribution in [0, 0.1) is 0 Å². The van der Waals surface area contributed by atoms with E-state index in [0.717, 1.165) is 22.6 Å². The minimum absolute atomic E-state index is 1.12. The van der Waals surface area contributed by atoms with Crippen LogP contribution in [0.4, 0.5) is 0 Å². The number of aromatic nitrogens is 3. The van der Waals surface area contributed by atoms with Crippen molar-refractivity contribution in [2.24, 2.45) is 0 Å². The Morgan fingerprint density at radius 3 is 1.36 bits per heavy atom. The molecule has 0 amide bonds. The minimum atomic E-state index is 1.12. The molecule has 3 nitrogen and oxygen atoms in total. The maximum absolute atomic E-state index is 2.58. The van der Waals surface area contributed by atoms with Gasteiger partial charge in [-0.3, -0.25) is 0 Å². The number of hydrogen-bond acceptors (Lipinski definition) is 0. The first-order chi connectivity index (χ1) is 34.3. The van der Waals surface area contributed by atoms with Crippen LogP contribution in [-0.2, 0) is 0 Å². The third kappa shape index (κ3) is 6.14. The molecule has 0 atom stereocenters. The Morgan fingerprint density at radius 2 is 0.667 bits per heavy atom. The molecule has 3 aromatic heterocycles. The molecule has 14 rings (SSSR count). The van der Waals surface area contributed by atoms with E-state index in [2.05, 4.69) is 275 Å². The molecule has 3 heterocycles. The van der Waals surface area contributed by atoms with Crippen molar-refractivity contribution >= 4 is 65.4 Å². The molecule has 69 heavy (non-hydrogen) atoms. The highest BCUT2D eigenvalue weighted by molar-refractivity contribution is 6.26. The standard InChI is InChI=1S/C66H43N3/c1-4-19-44(20-5-1)47-25-16-27-49(41-47)53-33-18-32-52(46-23-8-3-9-24-46)65(53)69-60-35-14-10-29-54(60)56-38-40-63-64(66(56)69)57-31-12-15-36-61(57)68(63)51-37-39-62-58(43-51)55-30-11-13-34-59(55)67(62)50-28-17-26-48(42-50)45-21-6-2-7-22-45/h1-43H. The molecule has 0 unspecified atom stereocenters. The highest BCUT2D eigenvalue weighted by Crippen LogP contribution is 2.47. The Bertz CT molecular complexity index is 4290. The minimum Gasteiger partial charge on any atom is -0.309 e. The summed E-state index contributed by atoms with van der Waals surface area (Å²) in [6.07, 6.45) is 0. The highest BCUT2D eigenvalue weighted by Gasteiger charge is 2.25. The van der Waals surface area contributed by atoms with Gasteiger partial charge in [0.15, 0.2) is 0 Å². The molecule has 14 aromatic rings. The van der Waals surface area contributed by atoms with Gasteiger partial charge < -0.3 is 13.7 Å². The van der Waals surface area contributed by atoms with Gasteiger partial charge in [-0.15, -0.1) is 0 Å². The van der Waals surface area contributed by atoms with Crippen LogP contribution in [0.25, 0.3) is 127 Å². The van der Waals surface area contributed by atoms with E-state index in [-0.39, 0.29) is 0 Å². The summed E-state index contributed by atoms with van der Waals surface area (Å²) in [6, 6.07) is 95.5. The summed E-state index contributed by atoms with van der Waals surface area (Å²) >= 11 is 0. The molecule has 0 radical (unpaired) electrons. The van der Waals surface area contributed by atoms with Gasteiger partial charge in [0.25, 0.3) is 0 Å². The first-order valence-corrected chi connectivity index (χ1v) is 23.8. The molecule has 0 N–H and O–H groups in total. The van der Waals surface area contributed by atoms with Gasteiger partial charge in [-0.2, -0.15) is 0 Å². The normalized spacial score (nSPS) is 11.8. The topological polar surface area (TPSA) is 14.8 Å². The molecule has 0 bridgehead atoms. The van der Waals surface area contributed by atoms with Crippen LogP contribution in [0.3, 0.4) is 0 Å². The van der Waals surface area contributed by atoms with Gasteiger partial charge in [-0.1, -0.05) is 200 Å². The van der Waals surface area contributed by atoms with E-state index >= 15 is 0 Å². The third-order valence-corrected chi connectivity index (χ3v) is 14.2. The summed E-state index contributed by atoms with van der Waals surface area (Å²) in [5.74, 6) is 0. The molecule has 322 valence electrons. The maximum Gasteiger partial charge on any atom is 0.0641 e. The lowest BCUT2D eigenvalue weighted by Gasteiger charge is -2.20. The van der Waals surface area contributed by atoms with E-state index in [0.29, 0.717) is 0 Å². The monoisotopic (exact) mass is 877 g/mol. The molecule has 3 heteroatoms. The van der Waals surface area contributed by atoms with Crippen molar-refractivity contribution in [2.45, 2.75) is 0 Å². The Labute approximate surface area is 399 Å². The van der Waals surface area contributed by atoms with Crippen molar-refractivity contribution in [1.29, 1.82) is 0 Å². The first kappa shape index (κ1) is 39.0. The summed E-state index contributed by atoms with van der Waals surface area (Å²) in [5.41, 5.74) is 20.0. The molecule has 0 spiro atoms. The summed E-state index contributed by atoms with van der Waals surface area (Å²) in [5, 5.41) is 7.34. The van der Waals surface area contributed by atoms with Crippen LogP contribution in [0.1, 0.15) is 0 Å². The van der Waals surface area contributed by atoms with Gasteiger partial charge in [-0.25, -0.2) is 0 Å². The van der Waals surface area contributed by atoms with Crippen molar-refractivity contribution < 1.29 is 0 Å². The fraction of sp³-hybridized carbons (Fsp3) is 0. The summed E-state index contributed by atoms with van der Waals surface area (Å²) in [6.45, 7) is 0. The van der Waals surface area contributed by atoms with Crippen LogP contribution < -0.4 is 0 Å². The van der Waals surface area contributed by atoms with Crippen LogP contribution in [-0.4, -0.2) is 13.7 Å². The second kappa shape index (κ2) is 15.7. The molecule has 11 aromatic carbocycles. The molecule has 0 aliphatic rings. The number of para-hydroxylation sites is 4. The van der Waals surface area contributed by atoms with Crippen molar-refractivity contribution in [3.63, 3.8) is 0 Å². The van der Waals surface area contributed by atoms with E-state index in [1.54, 1.807) is 0 Å². The van der Waals surface area contributed by atoms with E-state index in [1.165, 1.54) is 104 Å². The predicted molar refractivity (Wildman–Crippen MR) is 291 cm³/mol. The van der Waals surface area contributed by atoms with Crippen molar-refractivity contribution in [1.82, 2.24) is 13.7 Å².